The minimum Gasteiger partial charge on any atom is -0.379 e. The van der Waals surface area contributed by atoms with Gasteiger partial charge in [0.1, 0.15) is 0 Å². The minimum absolute atomic E-state index is 0.0646. The molecule has 1 heterocycles. The third-order valence-electron chi connectivity index (χ3n) is 3.33. The topological polar surface area (TPSA) is 38.5 Å². The molecule has 2 N–H and O–H groups in total. The molecule has 2 fully saturated rings. The molecule has 1 saturated carbocycles. The maximum Gasteiger partial charge on any atom is 0.0659 e. The highest BCUT2D eigenvalue weighted by molar-refractivity contribution is 4.92. The van der Waals surface area contributed by atoms with Gasteiger partial charge in [0.25, 0.3) is 0 Å². The van der Waals surface area contributed by atoms with Gasteiger partial charge in [-0.1, -0.05) is 6.92 Å². The van der Waals surface area contributed by atoms with E-state index in [1.54, 1.807) is 0 Å². The third-order valence-corrected chi connectivity index (χ3v) is 3.33. The maximum absolute atomic E-state index is 6.27. The van der Waals surface area contributed by atoms with Crippen molar-refractivity contribution >= 4 is 0 Å². The maximum atomic E-state index is 6.27. The van der Waals surface area contributed by atoms with Crippen LogP contribution in [0.25, 0.3) is 0 Å². The van der Waals surface area contributed by atoms with Gasteiger partial charge in [-0.05, 0) is 31.7 Å². The number of hydrogen-bond acceptors (Lipinski definition) is 3. The molecule has 3 nitrogen and oxygen atoms in total. The molecule has 0 aromatic rings. The highest BCUT2D eigenvalue weighted by Crippen LogP contribution is 2.30. The molecule has 1 aliphatic heterocycles. The molecule has 1 atom stereocenters. The highest BCUT2D eigenvalue weighted by atomic mass is 16.5. The lowest BCUT2D eigenvalue weighted by Crippen LogP contribution is -2.51. The van der Waals surface area contributed by atoms with Crippen LogP contribution in [0.1, 0.15) is 26.2 Å². The van der Waals surface area contributed by atoms with Crippen molar-refractivity contribution in [1.29, 1.82) is 0 Å². The first-order valence-electron chi connectivity index (χ1n) is 5.81. The van der Waals surface area contributed by atoms with Crippen LogP contribution >= 0.6 is 0 Å². The Bertz CT molecular complexity index is 186. The fourth-order valence-corrected chi connectivity index (χ4v) is 2.16. The quantitative estimate of drug-likeness (QED) is 0.711. The summed E-state index contributed by atoms with van der Waals surface area (Å²) >= 11 is 0. The first-order valence-corrected chi connectivity index (χ1v) is 5.81. The lowest BCUT2D eigenvalue weighted by atomic mass is 9.99. The summed E-state index contributed by atoms with van der Waals surface area (Å²) in [7, 11) is 0. The Kier molecular flexibility index (Phi) is 3.10. The average molecular weight is 198 g/mol. The van der Waals surface area contributed by atoms with Gasteiger partial charge in [-0.3, -0.25) is 0 Å². The summed E-state index contributed by atoms with van der Waals surface area (Å²) in [5, 5.41) is 0. The van der Waals surface area contributed by atoms with Crippen molar-refractivity contribution in [3.63, 3.8) is 0 Å². The van der Waals surface area contributed by atoms with Crippen molar-refractivity contribution in [1.82, 2.24) is 4.90 Å². The van der Waals surface area contributed by atoms with Crippen LogP contribution in [0.15, 0.2) is 0 Å². The van der Waals surface area contributed by atoms with Crippen molar-refractivity contribution < 1.29 is 4.74 Å². The smallest absolute Gasteiger partial charge is 0.0659 e. The van der Waals surface area contributed by atoms with Gasteiger partial charge < -0.3 is 15.4 Å². The summed E-state index contributed by atoms with van der Waals surface area (Å²) in [5.41, 5.74) is 6.20. The SMILES string of the molecule is CCN(CC1CC1)CC1(N)CCOC1. The summed E-state index contributed by atoms with van der Waals surface area (Å²) in [6, 6.07) is 0. The molecule has 82 valence electrons. The second-order valence-corrected chi connectivity index (χ2v) is 4.94. The molecule has 3 heteroatoms. The van der Waals surface area contributed by atoms with Crippen molar-refractivity contribution in [2.45, 2.75) is 31.7 Å². The molecule has 1 saturated heterocycles. The van der Waals surface area contributed by atoms with E-state index in [9.17, 15) is 0 Å². The molecule has 14 heavy (non-hydrogen) atoms. The van der Waals surface area contributed by atoms with Crippen molar-refractivity contribution in [3.8, 4) is 0 Å². The van der Waals surface area contributed by atoms with Gasteiger partial charge in [0.2, 0.25) is 0 Å². The molecule has 1 aliphatic carbocycles. The number of hydrogen-bond donors (Lipinski definition) is 1. The van der Waals surface area contributed by atoms with E-state index in [4.69, 9.17) is 10.5 Å². The van der Waals surface area contributed by atoms with Gasteiger partial charge in [0, 0.05) is 19.7 Å². The van der Waals surface area contributed by atoms with E-state index in [1.165, 1.54) is 19.4 Å². The van der Waals surface area contributed by atoms with Gasteiger partial charge in [0.05, 0.1) is 12.1 Å². The van der Waals surface area contributed by atoms with Crippen molar-refractivity contribution in [2.75, 3.05) is 32.8 Å². The summed E-state index contributed by atoms with van der Waals surface area (Å²) < 4.78 is 5.37. The number of ether oxygens (including phenoxy) is 1. The Morgan fingerprint density at radius 2 is 2.29 bits per heavy atom. The molecular weight excluding hydrogens is 176 g/mol. The Labute approximate surface area is 86.6 Å². The van der Waals surface area contributed by atoms with Crippen LogP contribution in [-0.4, -0.2) is 43.3 Å². The Morgan fingerprint density at radius 1 is 1.50 bits per heavy atom. The van der Waals surface area contributed by atoms with E-state index < -0.39 is 0 Å². The van der Waals surface area contributed by atoms with Gasteiger partial charge in [0.15, 0.2) is 0 Å². The molecular formula is C11H22N2O. The molecule has 0 aromatic carbocycles. The van der Waals surface area contributed by atoms with Gasteiger partial charge in [-0.25, -0.2) is 0 Å². The number of likely N-dealkylation sites (N-methyl/N-ethyl adjacent to an activating group) is 1. The van der Waals surface area contributed by atoms with Crippen LogP contribution in [0, 0.1) is 5.92 Å². The summed E-state index contributed by atoms with van der Waals surface area (Å²) in [5.74, 6) is 0.959. The average Bonchev–Trinajstić information content (AvgIpc) is 2.87. The van der Waals surface area contributed by atoms with Crippen LogP contribution in [-0.2, 0) is 4.74 Å². The predicted molar refractivity (Wildman–Crippen MR) is 57.2 cm³/mol. The molecule has 0 bridgehead atoms. The zero-order valence-electron chi connectivity index (χ0n) is 9.17. The van der Waals surface area contributed by atoms with Crippen LogP contribution in [0.4, 0.5) is 0 Å². The van der Waals surface area contributed by atoms with Crippen LogP contribution in [0.3, 0.4) is 0 Å². The van der Waals surface area contributed by atoms with E-state index >= 15 is 0 Å². The largest absolute Gasteiger partial charge is 0.379 e. The van der Waals surface area contributed by atoms with Crippen LogP contribution in [0.2, 0.25) is 0 Å². The first kappa shape index (κ1) is 10.4. The lowest BCUT2D eigenvalue weighted by Gasteiger charge is -2.30. The molecule has 0 radical (unpaired) electrons. The van der Waals surface area contributed by atoms with Gasteiger partial charge >= 0.3 is 0 Å². The standard InChI is InChI=1S/C11H22N2O/c1-2-13(7-10-3-4-10)8-11(12)5-6-14-9-11/h10H,2-9,12H2,1H3. The van der Waals surface area contributed by atoms with Crippen molar-refractivity contribution in [2.24, 2.45) is 11.7 Å². The molecule has 0 amide bonds. The Balaban J connectivity index is 1.79. The third kappa shape index (κ3) is 2.69. The van der Waals surface area contributed by atoms with E-state index in [0.29, 0.717) is 0 Å². The molecule has 0 aromatic heterocycles. The van der Waals surface area contributed by atoms with Gasteiger partial charge in [-0.2, -0.15) is 0 Å². The number of nitrogens with zero attached hydrogens (tertiary/aromatic N) is 1. The normalized spacial score (nSPS) is 32.8. The fraction of sp³-hybridized carbons (Fsp3) is 1.00. The highest BCUT2D eigenvalue weighted by Gasteiger charge is 2.33. The second kappa shape index (κ2) is 4.17. The summed E-state index contributed by atoms with van der Waals surface area (Å²) in [6.07, 6.45) is 3.86. The summed E-state index contributed by atoms with van der Waals surface area (Å²) in [6.45, 7) is 7.19. The van der Waals surface area contributed by atoms with E-state index in [-0.39, 0.29) is 5.54 Å². The second-order valence-electron chi connectivity index (χ2n) is 4.94. The van der Waals surface area contributed by atoms with E-state index in [1.807, 2.05) is 0 Å². The molecule has 2 rings (SSSR count). The van der Waals surface area contributed by atoms with E-state index in [2.05, 4.69) is 11.8 Å². The Hall–Kier alpha value is -0.120. The zero-order chi connectivity index (χ0) is 10.0. The molecule has 0 spiro atoms. The van der Waals surface area contributed by atoms with Gasteiger partial charge in [-0.15, -0.1) is 0 Å². The van der Waals surface area contributed by atoms with Crippen molar-refractivity contribution in [3.05, 3.63) is 0 Å². The number of rotatable bonds is 5. The predicted octanol–water partition coefficient (Wildman–Crippen LogP) is 0.836. The lowest BCUT2D eigenvalue weighted by molar-refractivity contribution is 0.152. The fourth-order valence-electron chi connectivity index (χ4n) is 2.16. The minimum atomic E-state index is -0.0646. The summed E-state index contributed by atoms with van der Waals surface area (Å²) in [4.78, 5) is 2.49. The zero-order valence-corrected chi connectivity index (χ0v) is 9.17. The van der Waals surface area contributed by atoms with Crippen LogP contribution < -0.4 is 5.73 Å². The van der Waals surface area contributed by atoms with Crippen LogP contribution in [0.5, 0.6) is 0 Å². The first-order chi connectivity index (χ1) is 6.72. The Morgan fingerprint density at radius 3 is 2.79 bits per heavy atom. The monoisotopic (exact) mass is 198 g/mol. The number of nitrogens with two attached hydrogens (primary N) is 1. The molecule has 2 aliphatic rings. The van der Waals surface area contributed by atoms with E-state index in [0.717, 1.165) is 38.6 Å². The molecule has 1 unspecified atom stereocenters.